The third kappa shape index (κ3) is 4.21. The van der Waals surface area contributed by atoms with Gasteiger partial charge in [0.15, 0.2) is 11.5 Å². The van der Waals surface area contributed by atoms with Crippen LogP contribution in [0.15, 0.2) is 53.4 Å². The summed E-state index contributed by atoms with van der Waals surface area (Å²) in [4.78, 5) is 12.3. The fourth-order valence-electron chi connectivity index (χ4n) is 2.43. The summed E-state index contributed by atoms with van der Waals surface area (Å²) in [5, 5.41) is 2.60. The molecule has 0 saturated carbocycles. The number of ether oxygens (including phenoxy) is 2. The summed E-state index contributed by atoms with van der Waals surface area (Å²) in [6, 6.07) is 15.6. The first-order valence-corrected chi connectivity index (χ1v) is 8.94. The van der Waals surface area contributed by atoms with Crippen molar-refractivity contribution in [2.75, 3.05) is 7.11 Å². The Morgan fingerprint density at radius 2 is 1.92 bits per heavy atom. The molecule has 128 valence electrons. The van der Waals surface area contributed by atoms with E-state index in [2.05, 4.69) is 5.32 Å². The normalized spacial score (nSPS) is 16.6. The third-order valence-electron chi connectivity index (χ3n) is 3.70. The molecule has 1 N–H and O–H groups in total. The molecule has 1 fully saturated rings. The molecule has 1 atom stereocenters. The van der Waals surface area contributed by atoms with Crippen LogP contribution >= 0.6 is 24.0 Å². The Labute approximate surface area is 156 Å². The lowest BCUT2D eigenvalue weighted by Gasteiger charge is -2.17. The Bertz CT molecular complexity index is 834. The van der Waals surface area contributed by atoms with Gasteiger partial charge in [-0.15, -0.1) is 0 Å². The van der Waals surface area contributed by atoms with Crippen LogP contribution in [0.3, 0.4) is 0 Å². The fraction of sp³-hybridized carbons (Fsp3) is 0.158. The van der Waals surface area contributed by atoms with Crippen LogP contribution in [0.4, 0.5) is 0 Å². The summed E-state index contributed by atoms with van der Waals surface area (Å²) < 4.78 is 12.0. The van der Waals surface area contributed by atoms with Crippen molar-refractivity contribution in [1.29, 1.82) is 0 Å². The topological polar surface area (TPSA) is 47.6 Å². The van der Waals surface area contributed by atoms with E-state index >= 15 is 0 Å². The summed E-state index contributed by atoms with van der Waals surface area (Å²) >= 11 is 6.25. The number of carbonyl (C=O) groups excluding carboxylic acids is 1. The van der Waals surface area contributed by atoms with Crippen molar-refractivity contribution < 1.29 is 14.3 Å². The number of nitrogens with one attached hydrogen (secondary N) is 1. The standard InChI is InChI=1S/C19H17NO3S2/c1-12(14-6-4-3-5-7-14)23-15-9-8-13(10-16(15)22-2)11-17-18(21)20-19(24)25-17/h3-12H,1-2H3,(H,20,21,24). The van der Waals surface area contributed by atoms with Gasteiger partial charge in [0, 0.05) is 0 Å². The second-order valence-corrected chi connectivity index (χ2v) is 7.15. The smallest absolute Gasteiger partial charge is 0.263 e. The van der Waals surface area contributed by atoms with E-state index in [1.54, 1.807) is 13.2 Å². The first-order chi connectivity index (χ1) is 12.1. The van der Waals surface area contributed by atoms with Gasteiger partial charge in [-0.1, -0.05) is 60.4 Å². The first-order valence-electron chi connectivity index (χ1n) is 7.71. The number of thioether (sulfide) groups is 1. The SMILES string of the molecule is COc1cc(C=C2SC(=S)NC2=O)ccc1OC(C)c1ccccc1. The maximum absolute atomic E-state index is 11.8. The van der Waals surface area contributed by atoms with Crippen LogP contribution in [-0.4, -0.2) is 17.3 Å². The minimum atomic E-state index is -0.174. The van der Waals surface area contributed by atoms with Crippen LogP contribution in [0.2, 0.25) is 0 Å². The van der Waals surface area contributed by atoms with E-state index in [9.17, 15) is 4.79 Å². The van der Waals surface area contributed by atoms with Crippen LogP contribution in [0.25, 0.3) is 6.08 Å². The van der Waals surface area contributed by atoms with E-state index in [-0.39, 0.29) is 12.0 Å². The van der Waals surface area contributed by atoms with Crippen LogP contribution < -0.4 is 14.8 Å². The molecule has 0 aromatic heterocycles. The van der Waals surface area contributed by atoms with Gasteiger partial charge in [0.2, 0.25) is 0 Å². The molecule has 1 aliphatic heterocycles. The maximum Gasteiger partial charge on any atom is 0.263 e. The van der Waals surface area contributed by atoms with Crippen LogP contribution in [-0.2, 0) is 4.79 Å². The second kappa shape index (κ2) is 7.72. The van der Waals surface area contributed by atoms with Gasteiger partial charge < -0.3 is 14.8 Å². The van der Waals surface area contributed by atoms with E-state index in [1.807, 2.05) is 55.5 Å². The van der Waals surface area contributed by atoms with E-state index < -0.39 is 0 Å². The predicted octanol–water partition coefficient (Wildman–Crippen LogP) is 4.32. The van der Waals surface area contributed by atoms with E-state index in [0.29, 0.717) is 20.7 Å². The molecular formula is C19H17NO3S2. The van der Waals surface area contributed by atoms with Gasteiger partial charge in [-0.25, -0.2) is 0 Å². The molecule has 2 aromatic carbocycles. The number of carbonyl (C=O) groups is 1. The van der Waals surface area contributed by atoms with Crippen molar-refractivity contribution in [3.8, 4) is 11.5 Å². The number of thiocarbonyl (C=S) groups is 1. The molecule has 0 aliphatic carbocycles. The minimum Gasteiger partial charge on any atom is -0.493 e. The summed E-state index contributed by atoms with van der Waals surface area (Å²) in [6.45, 7) is 1.99. The number of benzene rings is 2. The molecule has 1 saturated heterocycles. The number of hydrogen-bond donors (Lipinski definition) is 1. The molecule has 0 bridgehead atoms. The highest BCUT2D eigenvalue weighted by Crippen LogP contribution is 2.34. The number of rotatable bonds is 5. The summed E-state index contributed by atoms with van der Waals surface area (Å²) in [7, 11) is 1.60. The van der Waals surface area contributed by atoms with Gasteiger partial charge in [-0.3, -0.25) is 4.79 Å². The molecule has 2 aromatic rings. The Morgan fingerprint density at radius 1 is 1.16 bits per heavy atom. The molecule has 1 heterocycles. The molecule has 1 aliphatic rings. The lowest BCUT2D eigenvalue weighted by atomic mass is 10.1. The molecular weight excluding hydrogens is 354 g/mol. The first kappa shape index (κ1) is 17.5. The Hall–Kier alpha value is -2.31. The minimum absolute atomic E-state index is 0.104. The van der Waals surface area contributed by atoms with Crippen molar-refractivity contribution in [3.63, 3.8) is 0 Å². The summed E-state index contributed by atoms with van der Waals surface area (Å²) in [5.74, 6) is 1.09. The van der Waals surface area contributed by atoms with Gasteiger partial charge in [0.1, 0.15) is 10.4 Å². The van der Waals surface area contributed by atoms with Gasteiger partial charge in [-0.2, -0.15) is 0 Å². The monoisotopic (exact) mass is 371 g/mol. The van der Waals surface area contributed by atoms with Crippen LogP contribution in [0, 0.1) is 0 Å². The van der Waals surface area contributed by atoms with E-state index in [1.165, 1.54) is 11.8 Å². The summed E-state index contributed by atoms with van der Waals surface area (Å²) in [6.07, 6.45) is 1.68. The van der Waals surface area contributed by atoms with Gasteiger partial charge >= 0.3 is 0 Å². The van der Waals surface area contributed by atoms with Gasteiger partial charge in [0.25, 0.3) is 5.91 Å². The quantitative estimate of drug-likeness (QED) is 0.626. The highest BCUT2D eigenvalue weighted by Gasteiger charge is 2.22. The fourth-order valence-corrected chi connectivity index (χ4v) is 3.47. The number of hydrogen-bond acceptors (Lipinski definition) is 5. The average Bonchev–Trinajstić information content (AvgIpc) is 2.94. The Kier molecular flexibility index (Phi) is 5.40. The van der Waals surface area contributed by atoms with E-state index in [0.717, 1.165) is 11.1 Å². The van der Waals surface area contributed by atoms with Gasteiger partial charge in [0.05, 0.1) is 12.0 Å². The van der Waals surface area contributed by atoms with Crippen molar-refractivity contribution in [1.82, 2.24) is 5.32 Å². The zero-order valence-corrected chi connectivity index (χ0v) is 15.4. The molecule has 3 rings (SSSR count). The van der Waals surface area contributed by atoms with Gasteiger partial charge in [-0.05, 0) is 36.3 Å². The summed E-state index contributed by atoms with van der Waals surface area (Å²) in [5.41, 5.74) is 1.93. The van der Waals surface area contributed by atoms with Crippen molar-refractivity contribution in [2.24, 2.45) is 0 Å². The number of amides is 1. The third-order valence-corrected chi connectivity index (χ3v) is 4.86. The Morgan fingerprint density at radius 3 is 2.56 bits per heavy atom. The molecule has 25 heavy (non-hydrogen) atoms. The molecule has 1 amide bonds. The average molecular weight is 371 g/mol. The predicted molar refractivity (Wildman–Crippen MR) is 105 cm³/mol. The molecule has 4 nitrogen and oxygen atoms in total. The zero-order valence-electron chi connectivity index (χ0n) is 13.8. The van der Waals surface area contributed by atoms with Crippen LogP contribution in [0.1, 0.15) is 24.2 Å². The van der Waals surface area contributed by atoms with E-state index in [4.69, 9.17) is 21.7 Å². The lowest BCUT2D eigenvalue weighted by molar-refractivity contribution is -0.115. The van der Waals surface area contributed by atoms with Crippen molar-refractivity contribution in [3.05, 3.63) is 64.6 Å². The highest BCUT2D eigenvalue weighted by molar-refractivity contribution is 8.26. The van der Waals surface area contributed by atoms with Crippen molar-refractivity contribution >= 4 is 40.3 Å². The lowest BCUT2D eigenvalue weighted by Crippen LogP contribution is -2.17. The molecule has 1 unspecified atom stereocenters. The highest BCUT2D eigenvalue weighted by atomic mass is 32.2. The van der Waals surface area contributed by atoms with Crippen molar-refractivity contribution in [2.45, 2.75) is 13.0 Å². The second-order valence-electron chi connectivity index (χ2n) is 5.43. The zero-order chi connectivity index (χ0) is 17.8. The maximum atomic E-state index is 11.8. The molecule has 0 spiro atoms. The van der Waals surface area contributed by atoms with Crippen LogP contribution in [0.5, 0.6) is 11.5 Å². The molecule has 0 radical (unpaired) electrons. The molecule has 6 heteroatoms. The largest absolute Gasteiger partial charge is 0.493 e. The Balaban J connectivity index is 1.81. The number of methoxy groups -OCH3 is 1.